The molecular formula is C24H29N2O11P. The fourth-order valence-electron chi connectivity index (χ4n) is 3.66. The molecule has 0 atom stereocenters. The molecule has 0 N–H and O–H groups in total. The number of ether oxygens (including phenoxy) is 1. The Labute approximate surface area is 217 Å². The van der Waals surface area contributed by atoms with Crippen LogP contribution in [-0.4, -0.2) is 37.2 Å². The number of likely N-dealkylation sites (N-methyl/N-ethyl adjacent to an activating group) is 1. The van der Waals surface area contributed by atoms with Crippen LogP contribution in [-0.2, 0) is 44.5 Å². The van der Waals surface area contributed by atoms with Gasteiger partial charge in [-0.1, -0.05) is 0 Å². The van der Waals surface area contributed by atoms with Gasteiger partial charge in [0.15, 0.2) is 11.5 Å². The topological polar surface area (TPSA) is 149 Å². The van der Waals surface area contributed by atoms with Crippen LogP contribution >= 0.6 is 7.82 Å². The lowest BCUT2D eigenvalue weighted by Crippen LogP contribution is -2.14. The van der Waals surface area contributed by atoms with E-state index in [4.69, 9.17) is 36.0 Å². The summed E-state index contributed by atoms with van der Waals surface area (Å²) in [6.07, 6.45) is 2.67. The van der Waals surface area contributed by atoms with Crippen molar-refractivity contribution in [3.63, 3.8) is 0 Å². The minimum Gasteiger partial charge on any atom is -0.497 e. The second-order valence-electron chi connectivity index (χ2n) is 8.68. The molecular weight excluding hydrogens is 523 g/mol. The summed E-state index contributed by atoms with van der Waals surface area (Å²) in [6.45, 7) is 2.73. The summed E-state index contributed by atoms with van der Waals surface area (Å²) in [5.41, 5.74) is 1.85. The fourth-order valence-corrected chi connectivity index (χ4v) is 4.70. The summed E-state index contributed by atoms with van der Waals surface area (Å²) >= 11 is 0. The lowest BCUT2D eigenvalue weighted by molar-refractivity contribution is 0.0730. The number of rotatable bonds is 13. The van der Waals surface area contributed by atoms with Crippen molar-refractivity contribution in [2.45, 2.75) is 40.2 Å². The summed E-state index contributed by atoms with van der Waals surface area (Å²) in [7, 11) is 1.23. The van der Waals surface area contributed by atoms with E-state index in [0.29, 0.717) is 5.75 Å². The summed E-state index contributed by atoms with van der Waals surface area (Å²) < 4.78 is 56.9. The number of nitrogens with zero attached hydrogens (tertiary/aromatic N) is 2. The molecule has 0 radical (unpaired) electrons. The van der Waals surface area contributed by atoms with Gasteiger partial charge in [0.1, 0.15) is 37.2 Å². The van der Waals surface area contributed by atoms with Gasteiger partial charge < -0.3 is 31.9 Å². The van der Waals surface area contributed by atoms with Gasteiger partial charge in [-0.05, 0) is 52.1 Å². The van der Waals surface area contributed by atoms with Gasteiger partial charge in [-0.2, -0.15) is 0 Å². The molecule has 0 aliphatic heterocycles. The summed E-state index contributed by atoms with van der Waals surface area (Å²) in [6, 6.07) is 5.67. The largest absolute Gasteiger partial charge is 0.519 e. The van der Waals surface area contributed by atoms with Crippen LogP contribution in [0.4, 0.5) is 0 Å². The summed E-state index contributed by atoms with van der Waals surface area (Å²) in [4.78, 5) is 24.8. The Bertz CT molecular complexity index is 1490. The number of aromatic nitrogens is 1. The highest BCUT2D eigenvalue weighted by Crippen LogP contribution is 2.51. The van der Waals surface area contributed by atoms with E-state index in [1.54, 1.807) is 11.7 Å². The molecule has 14 heteroatoms. The summed E-state index contributed by atoms with van der Waals surface area (Å²) in [5.74, 6) is -0.841. The fraction of sp³-hybridized carbons (Fsp3) is 0.417. The van der Waals surface area contributed by atoms with Crippen molar-refractivity contribution in [2.24, 2.45) is 0 Å². The van der Waals surface area contributed by atoms with Crippen molar-refractivity contribution < 1.29 is 40.5 Å². The Morgan fingerprint density at radius 2 is 1.53 bits per heavy atom. The Kier molecular flexibility index (Phi) is 8.44. The smallest absolute Gasteiger partial charge is 0.497 e. The van der Waals surface area contributed by atoms with Crippen molar-refractivity contribution in [3.8, 4) is 5.75 Å². The first-order chi connectivity index (χ1) is 18.1. The number of hydrogen-bond donors (Lipinski definition) is 0. The molecule has 1 aromatic carbocycles. The molecule has 0 saturated heterocycles. The number of fused-ring (bicyclic) bond motifs is 1. The highest BCUT2D eigenvalue weighted by atomic mass is 31.2. The van der Waals surface area contributed by atoms with E-state index in [-0.39, 0.29) is 29.8 Å². The molecule has 13 nitrogen and oxygen atoms in total. The van der Waals surface area contributed by atoms with E-state index < -0.39 is 32.7 Å². The van der Waals surface area contributed by atoms with E-state index in [1.165, 1.54) is 13.8 Å². The molecule has 0 bridgehead atoms. The molecule has 0 amide bonds. The molecule has 0 fully saturated rings. The van der Waals surface area contributed by atoms with Gasteiger partial charge >= 0.3 is 19.5 Å². The molecule has 206 valence electrons. The van der Waals surface area contributed by atoms with Crippen LogP contribution in [0.15, 0.2) is 51.7 Å². The molecule has 38 heavy (non-hydrogen) atoms. The van der Waals surface area contributed by atoms with Gasteiger partial charge in [0, 0.05) is 24.2 Å². The van der Waals surface area contributed by atoms with Gasteiger partial charge in [0.05, 0.1) is 12.6 Å². The molecule has 0 saturated carbocycles. The number of phosphoric acid groups is 1. The predicted molar refractivity (Wildman–Crippen MR) is 133 cm³/mol. The molecule has 4 aromatic rings. The van der Waals surface area contributed by atoms with Crippen LogP contribution in [0.25, 0.3) is 10.9 Å². The summed E-state index contributed by atoms with van der Waals surface area (Å²) in [5, 5.41) is 0.986. The van der Waals surface area contributed by atoms with Gasteiger partial charge in [-0.15, -0.1) is 0 Å². The highest BCUT2D eigenvalue weighted by molar-refractivity contribution is 7.48. The molecule has 3 aromatic heterocycles. The Morgan fingerprint density at radius 3 is 2.03 bits per heavy atom. The van der Waals surface area contributed by atoms with Crippen molar-refractivity contribution in [3.05, 3.63) is 74.2 Å². The Hall–Kier alpha value is -3.35. The minimum absolute atomic E-state index is 0.0237. The van der Waals surface area contributed by atoms with E-state index in [2.05, 4.69) is 4.90 Å². The van der Waals surface area contributed by atoms with Crippen LogP contribution in [0.1, 0.15) is 28.6 Å². The maximum absolute atomic E-state index is 13.6. The van der Waals surface area contributed by atoms with Gasteiger partial charge in [-0.3, -0.25) is 13.6 Å². The van der Waals surface area contributed by atoms with E-state index >= 15 is 0 Å². The van der Waals surface area contributed by atoms with Crippen LogP contribution in [0.2, 0.25) is 0 Å². The molecule has 0 aliphatic carbocycles. The van der Waals surface area contributed by atoms with E-state index in [0.717, 1.165) is 29.4 Å². The normalized spacial score (nSPS) is 12.2. The molecule has 0 unspecified atom stereocenters. The second-order valence-corrected chi connectivity index (χ2v) is 10.3. The highest BCUT2D eigenvalue weighted by Gasteiger charge is 2.30. The van der Waals surface area contributed by atoms with Gasteiger partial charge in [0.25, 0.3) is 0 Å². The molecule has 4 rings (SSSR count). The van der Waals surface area contributed by atoms with Crippen LogP contribution in [0, 0.1) is 13.8 Å². The SMILES string of the molecule is COc1ccc2c(CCN(C)C)cn(COP(=O)(OCc3oc(=O)oc3C)OCc3oc(=O)oc3C)c2c1. The van der Waals surface area contributed by atoms with Crippen molar-refractivity contribution in [1.29, 1.82) is 0 Å². The first-order valence-corrected chi connectivity index (χ1v) is 13.1. The third-order valence-electron chi connectivity index (χ3n) is 5.73. The standard InChI is InChI=1S/C24H29N2O11P/c1-15-21(36-23(27)34-15)12-31-38(29,32-13-22-16(2)35-24(28)37-22)33-14-26-11-17(8-9-25(3)4)19-7-6-18(30-5)10-20(19)26/h6-7,10-11H,8-9,12-14H2,1-5H3. The third kappa shape index (κ3) is 6.55. The Morgan fingerprint density at radius 1 is 0.921 bits per heavy atom. The third-order valence-corrected chi connectivity index (χ3v) is 7.06. The zero-order chi connectivity index (χ0) is 27.4. The predicted octanol–water partition coefficient (Wildman–Crippen LogP) is 3.98. The van der Waals surface area contributed by atoms with Crippen LogP contribution < -0.4 is 16.4 Å². The lowest BCUT2D eigenvalue weighted by atomic mass is 10.1. The first-order valence-electron chi connectivity index (χ1n) is 11.6. The monoisotopic (exact) mass is 552 g/mol. The quantitative estimate of drug-likeness (QED) is 0.221. The van der Waals surface area contributed by atoms with Crippen molar-refractivity contribution >= 4 is 18.7 Å². The zero-order valence-corrected chi connectivity index (χ0v) is 22.6. The first kappa shape index (κ1) is 27.7. The van der Waals surface area contributed by atoms with Crippen molar-refractivity contribution in [1.82, 2.24) is 9.47 Å². The molecule has 0 spiro atoms. The maximum Gasteiger partial charge on any atom is 0.519 e. The number of hydrogen-bond acceptors (Lipinski definition) is 12. The van der Waals surface area contributed by atoms with E-state index in [1.807, 2.05) is 38.5 Å². The number of benzene rings is 1. The number of methoxy groups -OCH3 is 1. The molecule has 0 aliphatic rings. The zero-order valence-electron chi connectivity index (χ0n) is 21.7. The lowest BCUT2D eigenvalue weighted by Gasteiger charge is -2.18. The Balaban J connectivity index is 1.59. The van der Waals surface area contributed by atoms with Crippen molar-refractivity contribution in [2.75, 3.05) is 27.7 Å². The minimum atomic E-state index is -4.32. The number of phosphoric ester groups is 1. The number of aryl methyl sites for hydroxylation is 2. The average Bonchev–Trinajstić information content (AvgIpc) is 3.51. The van der Waals surface area contributed by atoms with E-state index in [9.17, 15) is 14.2 Å². The van der Waals surface area contributed by atoms with Gasteiger partial charge in [-0.25, -0.2) is 14.2 Å². The van der Waals surface area contributed by atoms with Gasteiger partial charge in [0.2, 0.25) is 0 Å². The maximum atomic E-state index is 13.6. The second kappa shape index (κ2) is 11.6. The van der Waals surface area contributed by atoms with Crippen LogP contribution in [0.5, 0.6) is 5.75 Å². The average molecular weight is 552 g/mol. The molecule has 3 heterocycles. The van der Waals surface area contributed by atoms with Crippen LogP contribution in [0.3, 0.4) is 0 Å².